The van der Waals surface area contributed by atoms with Crippen molar-refractivity contribution in [1.29, 1.82) is 0 Å². The van der Waals surface area contributed by atoms with Crippen molar-refractivity contribution in [3.63, 3.8) is 0 Å². The van der Waals surface area contributed by atoms with Gasteiger partial charge in [-0.05, 0) is 36.4 Å². The Hall–Kier alpha value is -2.98. The van der Waals surface area contributed by atoms with Crippen LogP contribution in [0.3, 0.4) is 0 Å². The Bertz CT molecular complexity index is 962. The molecule has 3 rings (SSSR count). The number of halogens is 1. The summed E-state index contributed by atoms with van der Waals surface area (Å²) in [6.45, 7) is 0. The minimum Gasteiger partial charge on any atom is -0.366 e. The molecule has 0 radical (unpaired) electrons. The number of nitrogens with one attached hydrogen (secondary N) is 2. The second-order valence-corrected chi connectivity index (χ2v) is 7.46. The van der Waals surface area contributed by atoms with Gasteiger partial charge in [-0.3, -0.25) is 9.59 Å². The first-order valence-electron chi connectivity index (χ1n) is 7.69. The Labute approximate surface area is 162 Å². The molecule has 2 amide bonds. The Balaban J connectivity index is 1.51. The molecule has 2 aromatic carbocycles. The second-order valence-electron chi connectivity index (χ2n) is 5.26. The largest absolute Gasteiger partial charge is 0.366 e. The van der Waals surface area contributed by atoms with Crippen LogP contribution in [0.5, 0.6) is 0 Å². The summed E-state index contributed by atoms with van der Waals surface area (Å²) in [5.74, 6) is -1.01. The van der Waals surface area contributed by atoms with E-state index >= 15 is 0 Å². The predicted octanol–water partition coefficient (Wildman–Crippen LogP) is 3.25. The highest BCUT2D eigenvalue weighted by atomic mass is 32.2. The summed E-state index contributed by atoms with van der Waals surface area (Å²) in [5, 5.41) is 13.9. The number of nitrogens with two attached hydrogens (primary N) is 1. The molecule has 0 aliphatic rings. The number of para-hydroxylation sites is 1. The zero-order valence-electron chi connectivity index (χ0n) is 13.8. The number of benzene rings is 2. The summed E-state index contributed by atoms with van der Waals surface area (Å²) in [4.78, 5) is 23.0. The summed E-state index contributed by atoms with van der Waals surface area (Å²) in [5.41, 5.74) is 6.40. The van der Waals surface area contributed by atoms with Crippen LogP contribution < -0.4 is 16.4 Å². The number of rotatable bonds is 7. The fourth-order valence-corrected chi connectivity index (χ4v) is 3.60. The smallest absolute Gasteiger partial charge is 0.248 e. The maximum Gasteiger partial charge on any atom is 0.248 e. The predicted molar refractivity (Wildman–Crippen MR) is 104 cm³/mol. The van der Waals surface area contributed by atoms with Crippen molar-refractivity contribution < 1.29 is 14.0 Å². The average molecular weight is 403 g/mol. The quantitative estimate of drug-likeness (QED) is 0.523. The van der Waals surface area contributed by atoms with E-state index in [0.29, 0.717) is 26.4 Å². The standard InChI is InChI=1S/C17H14FN5O2S2/c18-12-3-1-2-4-13(12)21-16-22-23-17(27-16)26-9-14(24)20-11-7-5-10(6-8-11)15(19)25/h1-8H,9H2,(H2,19,25)(H,20,24)(H,21,22). The van der Waals surface area contributed by atoms with E-state index in [2.05, 4.69) is 20.8 Å². The fourth-order valence-electron chi connectivity index (χ4n) is 2.04. The van der Waals surface area contributed by atoms with Crippen molar-refractivity contribution in [3.8, 4) is 0 Å². The summed E-state index contributed by atoms with van der Waals surface area (Å²) >= 11 is 2.44. The van der Waals surface area contributed by atoms with E-state index in [9.17, 15) is 14.0 Å². The number of nitrogens with zero attached hydrogens (tertiary/aromatic N) is 2. The maximum atomic E-state index is 13.6. The molecule has 0 fully saturated rings. The molecule has 0 saturated heterocycles. The van der Waals surface area contributed by atoms with Crippen molar-refractivity contribution >= 4 is 51.4 Å². The highest BCUT2D eigenvalue weighted by Crippen LogP contribution is 2.28. The van der Waals surface area contributed by atoms with Gasteiger partial charge >= 0.3 is 0 Å². The monoisotopic (exact) mass is 403 g/mol. The van der Waals surface area contributed by atoms with Crippen LogP contribution in [0.4, 0.5) is 20.9 Å². The van der Waals surface area contributed by atoms with Gasteiger partial charge in [-0.15, -0.1) is 10.2 Å². The van der Waals surface area contributed by atoms with Crippen LogP contribution in [0.2, 0.25) is 0 Å². The van der Waals surface area contributed by atoms with Gasteiger partial charge in [-0.1, -0.05) is 35.2 Å². The van der Waals surface area contributed by atoms with Crippen molar-refractivity contribution in [1.82, 2.24) is 10.2 Å². The van der Waals surface area contributed by atoms with Crippen LogP contribution in [0, 0.1) is 5.82 Å². The molecule has 27 heavy (non-hydrogen) atoms. The minimum absolute atomic E-state index is 0.131. The molecule has 0 unspecified atom stereocenters. The lowest BCUT2D eigenvalue weighted by Gasteiger charge is -2.04. The van der Waals surface area contributed by atoms with Gasteiger partial charge in [0, 0.05) is 11.3 Å². The molecular weight excluding hydrogens is 389 g/mol. The lowest BCUT2D eigenvalue weighted by molar-refractivity contribution is -0.113. The first-order valence-corrected chi connectivity index (χ1v) is 9.49. The Morgan fingerprint density at radius 3 is 2.56 bits per heavy atom. The molecule has 0 bridgehead atoms. The van der Waals surface area contributed by atoms with Crippen molar-refractivity contribution in [2.24, 2.45) is 5.73 Å². The third kappa shape index (κ3) is 5.25. The second kappa shape index (κ2) is 8.60. The molecule has 0 aliphatic heterocycles. The van der Waals surface area contributed by atoms with Crippen LogP contribution in [0.25, 0.3) is 0 Å². The molecule has 1 aromatic heterocycles. The van der Waals surface area contributed by atoms with E-state index in [1.807, 2.05) is 0 Å². The molecule has 7 nitrogen and oxygen atoms in total. The minimum atomic E-state index is -0.528. The summed E-state index contributed by atoms with van der Waals surface area (Å²) in [7, 11) is 0. The van der Waals surface area contributed by atoms with E-state index in [1.165, 1.54) is 41.3 Å². The molecule has 0 spiro atoms. The Morgan fingerprint density at radius 2 is 1.85 bits per heavy atom. The molecule has 138 valence electrons. The number of anilines is 3. The maximum absolute atomic E-state index is 13.6. The molecule has 3 aromatic rings. The van der Waals surface area contributed by atoms with Gasteiger partial charge in [-0.25, -0.2) is 4.39 Å². The van der Waals surface area contributed by atoms with E-state index in [-0.39, 0.29) is 17.5 Å². The number of hydrogen-bond donors (Lipinski definition) is 3. The van der Waals surface area contributed by atoms with E-state index in [1.54, 1.807) is 30.3 Å². The van der Waals surface area contributed by atoms with Crippen LogP contribution >= 0.6 is 23.1 Å². The average Bonchev–Trinajstić information content (AvgIpc) is 3.10. The first kappa shape index (κ1) is 18.8. The lowest BCUT2D eigenvalue weighted by atomic mass is 10.2. The van der Waals surface area contributed by atoms with Crippen molar-refractivity contribution in [2.75, 3.05) is 16.4 Å². The number of primary amides is 1. The Morgan fingerprint density at radius 1 is 1.11 bits per heavy atom. The SMILES string of the molecule is NC(=O)c1ccc(NC(=O)CSc2nnc(Nc3ccccc3F)s2)cc1. The number of amides is 2. The van der Waals surface area contributed by atoms with Gasteiger partial charge in [0.25, 0.3) is 0 Å². The normalized spacial score (nSPS) is 10.4. The van der Waals surface area contributed by atoms with Gasteiger partial charge in [-0.2, -0.15) is 0 Å². The third-order valence-electron chi connectivity index (χ3n) is 3.30. The van der Waals surface area contributed by atoms with E-state index < -0.39 is 5.91 Å². The third-order valence-corrected chi connectivity index (χ3v) is 5.27. The number of thioether (sulfide) groups is 1. The zero-order valence-corrected chi connectivity index (χ0v) is 15.4. The highest BCUT2D eigenvalue weighted by Gasteiger charge is 2.10. The molecule has 0 aliphatic carbocycles. The number of carbonyl (C=O) groups is 2. The first-order chi connectivity index (χ1) is 13.0. The molecule has 0 saturated carbocycles. The zero-order chi connectivity index (χ0) is 19.2. The lowest BCUT2D eigenvalue weighted by Crippen LogP contribution is -2.14. The van der Waals surface area contributed by atoms with Crippen LogP contribution in [0.15, 0.2) is 52.9 Å². The van der Waals surface area contributed by atoms with Crippen molar-refractivity contribution in [2.45, 2.75) is 4.34 Å². The molecule has 1 heterocycles. The molecule has 10 heteroatoms. The van der Waals surface area contributed by atoms with Gasteiger partial charge < -0.3 is 16.4 Å². The summed E-state index contributed by atoms with van der Waals surface area (Å²) < 4.78 is 14.2. The van der Waals surface area contributed by atoms with Crippen LogP contribution in [0.1, 0.15) is 10.4 Å². The number of hydrogen-bond acceptors (Lipinski definition) is 7. The number of carbonyl (C=O) groups excluding carboxylic acids is 2. The topological polar surface area (TPSA) is 110 Å². The van der Waals surface area contributed by atoms with E-state index in [4.69, 9.17) is 5.73 Å². The molecule has 0 atom stereocenters. The van der Waals surface area contributed by atoms with Gasteiger partial charge in [0.2, 0.25) is 16.9 Å². The van der Waals surface area contributed by atoms with Crippen LogP contribution in [-0.2, 0) is 4.79 Å². The molecule has 4 N–H and O–H groups in total. The summed E-state index contributed by atoms with van der Waals surface area (Å²) in [6, 6.07) is 12.5. The van der Waals surface area contributed by atoms with Crippen molar-refractivity contribution in [3.05, 3.63) is 59.9 Å². The molecular formula is C17H14FN5O2S2. The fraction of sp³-hybridized carbons (Fsp3) is 0.0588. The van der Waals surface area contributed by atoms with E-state index in [0.717, 1.165) is 0 Å². The van der Waals surface area contributed by atoms with Gasteiger partial charge in [0.1, 0.15) is 5.82 Å². The summed E-state index contributed by atoms with van der Waals surface area (Å²) in [6.07, 6.45) is 0. The Kier molecular flexibility index (Phi) is 5.99. The highest BCUT2D eigenvalue weighted by molar-refractivity contribution is 8.01. The van der Waals surface area contributed by atoms with Gasteiger partial charge in [0.15, 0.2) is 4.34 Å². The van der Waals surface area contributed by atoms with Gasteiger partial charge in [0.05, 0.1) is 11.4 Å². The van der Waals surface area contributed by atoms with Crippen LogP contribution in [-0.4, -0.2) is 27.8 Å². The number of aromatic nitrogens is 2.